The topological polar surface area (TPSA) is 46.9 Å². The molecule has 5 heteroatoms. The van der Waals surface area contributed by atoms with Crippen LogP contribution in [0.2, 0.25) is 0 Å². The van der Waals surface area contributed by atoms with E-state index in [1.54, 1.807) is 6.20 Å². The number of hydrogen-bond acceptors (Lipinski definition) is 3. The van der Waals surface area contributed by atoms with E-state index in [0.717, 1.165) is 5.82 Å². The van der Waals surface area contributed by atoms with Crippen molar-refractivity contribution in [2.45, 2.75) is 69.4 Å². The van der Waals surface area contributed by atoms with Crippen LogP contribution in [-0.4, -0.2) is 26.2 Å². The first-order valence-corrected chi connectivity index (χ1v) is 8.52. The van der Waals surface area contributed by atoms with Gasteiger partial charge in [0, 0.05) is 17.4 Å². The fourth-order valence-electron chi connectivity index (χ4n) is 2.60. The van der Waals surface area contributed by atoms with Gasteiger partial charge in [0.15, 0.2) is 0 Å². The number of thioether (sulfide) groups is 1. The number of amides is 1. The maximum Gasteiger partial charge on any atom is 0.238 e. The van der Waals surface area contributed by atoms with Crippen molar-refractivity contribution in [3.63, 3.8) is 0 Å². The second kappa shape index (κ2) is 7.16. The van der Waals surface area contributed by atoms with Gasteiger partial charge in [0.1, 0.15) is 5.82 Å². The summed E-state index contributed by atoms with van der Waals surface area (Å²) in [5.41, 5.74) is 0. The normalized spacial score (nSPS) is 18.2. The first-order chi connectivity index (χ1) is 9.58. The molecule has 112 valence electrons. The van der Waals surface area contributed by atoms with E-state index in [2.05, 4.69) is 24.3 Å². The summed E-state index contributed by atoms with van der Waals surface area (Å²) in [5, 5.41) is 7.89. The highest BCUT2D eigenvalue weighted by molar-refractivity contribution is 8.01. The van der Waals surface area contributed by atoms with Crippen LogP contribution in [0.15, 0.2) is 12.3 Å². The van der Waals surface area contributed by atoms with Gasteiger partial charge in [0.25, 0.3) is 0 Å². The molecule has 0 aromatic carbocycles. The molecule has 4 nitrogen and oxygen atoms in total. The molecule has 1 aromatic heterocycles. The number of nitrogens with zero attached hydrogens (tertiary/aromatic N) is 2. The number of carbonyl (C=O) groups is 1. The van der Waals surface area contributed by atoms with Gasteiger partial charge >= 0.3 is 0 Å². The maximum absolute atomic E-state index is 12.3. The van der Waals surface area contributed by atoms with Gasteiger partial charge in [0.2, 0.25) is 5.91 Å². The second-order valence-corrected chi connectivity index (χ2v) is 7.43. The lowest BCUT2D eigenvalue weighted by Crippen LogP contribution is -2.27. The van der Waals surface area contributed by atoms with Gasteiger partial charge in [-0.05, 0) is 33.6 Å². The van der Waals surface area contributed by atoms with E-state index in [-0.39, 0.29) is 17.2 Å². The van der Waals surface area contributed by atoms with Crippen molar-refractivity contribution >= 4 is 23.5 Å². The zero-order valence-electron chi connectivity index (χ0n) is 12.6. The van der Waals surface area contributed by atoms with Crippen molar-refractivity contribution in [2.24, 2.45) is 0 Å². The Morgan fingerprint density at radius 2 is 2.05 bits per heavy atom. The summed E-state index contributed by atoms with van der Waals surface area (Å²) in [4.78, 5) is 12.3. The van der Waals surface area contributed by atoms with Crippen molar-refractivity contribution in [2.75, 3.05) is 5.32 Å². The Balaban J connectivity index is 1.88. The molecule has 1 N–H and O–H groups in total. The van der Waals surface area contributed by atoms with E-state index < -0.39 is 0 Å². The van der Waals surface area contributed by atoms with Crippen LogP contribution in [0.3, 0.4) is 0 Å². The van der Waals surface area contributed by atoms with E-state index in [0.29, 0.717) is 5.25 Å². The van der Waals surface area contributed by atoms with Gasteiger partial charge in [-0.2, -0.15) is 5.10 Å². The van der Waals surface area contributed by atoms with E-state index in [9.17, 15) is 4.79 Å². The Bertz CT molecular complexity index is 438. The SMILES string of the molecule is CC(C)n1nccc1NC(=O)[C@H](C)SC1CCCCC1. The molecule has 0 aliphatic heterocycles. The molecule has 0 spiro atoms. The van der Waals surface area contributed by atoms with Crippen LogP contribution in [0.5, 0.6) is 0 Å². The molecule has 1 saturated carbocycles. The van der Waals surface area contributed by atoms with Gasteiger partial charge in [-0.15, -0.1) is 11.8 Å². The van der Waals surface area contributed by atoms with Crippen molar-refractivity contribution in [3.05, 3.63) is 12.3 Å². The van der Waals surface area contributed by atoms with Crippen LogP contribution >= 0.6 is 11.8 Å². The largest absolute Gasteiger partial charge is 0.310 e. The number of carbonyl (C=O) groups excluding carboxylic acids is 1. The molecule has 0 bridgehead atoms. The molecule has 1 heterocycles. The monoisotopic (exact) mass is 295 g/mol. The summed E-state index contributed by atoms with van der Waals surface area (Å²) in [7, 11) is 0. The number of anilines is 1. The minimum atomic E-state index is -0.00591. The Kier molecular flexibility index (Phi) is 5.52. The average Bonchev–Trinajstić information content (AvgIpc) is 2.88. The number of rotatable bonds is 5. The minimum absolute atomic E-state index is 0.00591. The lowest BCUT2D eigenvalue weighted by molar-refractivity contribution is -0.115. The zero-order chi connectivity index (χ0) is 14.5. The smallest absolute Gasteiger partial charge is 0.238 e. The molecule has 0 saturated heterocycles. The minimum Gasteiger partial charge on any atom is -0.310 e. The quantitative estimate of drug-likeness (QED) is 0.897. The van der Waals surface area contributed by atoms with Gasteiger partial charge in [-0.1, -0.05) is 19.3 Å². The molecule has 1 atom stereocenters. The van der Waals surface area contributed by atoms with Crippen LogP contribution in [0.4, 0.5) is 5.82 Å². The van der Waals surface area contributed by atoms with Gasteiger partial charge in [-0.25, -0.2) is 4.68 Å². The zero-order valence-corrected chi connectivity index (χ0v) is 13.4. The van der Waals surface area contributed by atoms with Crippen molar-refractivity contribution in [3.8, 4) is 0 Å². The summed E-state index contributed by atoms with van der Waals surface area (Å²) in [6.07, 6.45) is 8.22. The third-order valence-electron chi connectivity index (χ3n) is 3.73. The number of aromatic nitrogens is 2. The van der Waals surface area contributed by atoms with Crippen LogP contribution in [0.1, 0.15) is 58.9 Å². The van der Waals surface area contributed by atoms with E-state index in [1.807, 2.05) is 29.4 Å². The third-order valence-corrected chi connectivity index (χ3v) is 5.21. The predicted octanol–water partition coefficient (Wildman–Crippen LogP) is 3.86. The first kappa shape index (κ1) is 15.4. The van der Waals surface area contributed by atoms with Gasteiger partial charge in [0.05, 0.1) is 11.4 Å². The van der Waals surface area contributed by atoms with E-state index in [4.69, 9.17) is 0 Å². The molecule has 1 fully saturated rings. The Morgan fingerprint density at radius 1 is 1.35 bits per heavy atom. The maximum atomic E-state index is 12.3. The summed E-state index contributed by atoms with van der Waals surface area (Å²) >= 11 is 1.82. The third kappa shape index (κ3) is 4.01. The summed E-state index contributed by atoms with van der Waals surface area (Å²) in [6.45, 7) is 6.12. The number of nitrogens with one attached hydrogen (secondary N) is 1. The molecule has 1 aromatic rings. The summed E-state index contributed by atoms with van der Waals surface area (Å²) < 4.78 is 1.84. The standard InChI is InChI=1S/C15H25N3OS/c1-11(2)18-14(9-10-16-18)17-15(19)12(3)20-13-7-5-4-6-8-13/h9-13H,4-8H2,1-3H3,(H,17,19)/t12-/m0/s1. The lowest BCUT2D eigenvalue weighted by atomic mass is 10.0. The second-order valence-electron chi connectivity index (χ2n) is 5.78. The van der Waals surface area contributed by atoms with E-state index in [1.165, 1.54) is 32.1 Å². The molecule has 0 unspecified atom stereocenters. The molecule has 1 aliphatic carbocycles. The van der Waals surface area contributed by atoms with Crippen LogP contribution in [-0.2, 0) is 4.79 Å². The van der Waals surface area contributed by atoms with Crippen molar-refractivity contribution < 1.29 is 4.79 Å². The summed E-state index contributed by atoms with van der Waals surface area (Å²) in [5.74, 6) is 0.879. The predicted molar refractivity (Wildman–Crippen MR) is 85.2 cm³/mol. The fraction of sp³-hybridized carbons (Fsp3) is 0.733. The molecule has 1 aliphatic rings. The molecular weight excluding hydrogens is 270 g/mol. The highest BCUT2D eigenvalue weighted by Crippen LogP contribution is 2.31. The summed E-state index contributed by atoms with van der Waals surface area (Å²) in [6, 6.07) is 2.11. The first-order valence-electron chi connectivity index (χ1n) is 7.57. The fourth-order valence-corrected chi connectivity index (χ4v) is 3.97. The molecule has 20 heavy (non-hydrogen) atoms. The van der Waals surface area contributed by atoms with Crippen molar-refractivity contribution in [1.82, 2.24) is 9.78 Å². The van der Waals surface area contributed by atoms with Gasteiger partial charge < -0.3 is 5.32 Å². The molecule has 0 radical (unpaired) electrons. The molecular formula is C15H25N3OS. The molecule has 1 amide bonds. The Hall–Kier alpha value is -0.970. The van der Waals surface area contributed by atoms with Crippen LogP contribution in [0.25, 0.3) is 0 Å². The highest BCUT2D eigenvalue weighted by Gasteiger charge is 2.22. The Morgan fingerprint density at radius 3 is 2.70 bits per heavy atom. The lowest BCUT2D eigenvalue weighted by Gasteiger charge is -2.24. The number of hydrogen-bond donors (Lipinski definition) is 1. The Labute approximate surface area is 125 Å². The highest BCUT2D eigenvalue weighted by atomic mass is 32.2. The average molecular weight is 295 g/mol. The van der Waals surface area contributed by atoms with E-state index >= 15 is 0 Å². The van der Waals surface area contributed by atoms with Gasteiger partial charge in [-0.3, -0.25) is 4.79 Å². The van der Waals surface area contributed by atoms with Crippen molar-refractivity contribution in [1.29, 1.82) is 0 Å². The van der Waals surface area contributed by atoms with Crippen LogP contribution in [0, 0.1) is 0 Å². The van der Waals surface area contributed by atoms with Crippen LogP contribution < -0.4 is 5.32 Å². The molecule has 2 rings (SSSR count).